The molecule has 0 aliphatic rings. The first-order valence-electron chi connectivity index (χ1n) is 10.3. The fourth-order valence-corrected chi connectivity index (χ4v) is 2.65. The number of amidine groups is 1. The lowest BCUT2D eigenvalue weighted by atomic mass is 10.1. The van der Waals surface area contributed by atoms with Gasteiger partial charge in [0.2, 0.25) is 5.90 Å². The summed E-state index contributed by atoms with van der Waals surface area (Å²) in [5.41, 5.74) is 4.87. The Kier molecular flexibility index (Phi) is 8.50. The molecule has 0 fully saturated rings. The van der Waals surface area contributed by atoms with Crippen LogP contribution in [-0.4, -0.2) is 48.7 Å². The smallest absolute Gasteiger partial charge is 0.410 e. The number of anilines is 2. The van der Waals surface area contributed by atoms with Gasteiger partial charge in [-0.05, 0) is 57.5 Å². The van der Waals surface area contributed by atoms with E-state index in [1.807, 2.05) is 0 Å². The van der Waals surface area contributed by atoms with Gasteiger partial charge in [0.25, 0.3) is 6.02 Å². The fraction of sp³-hybridized carbons (Fsp3) is 0.348. The number of halogens is 3. The van der Waals surface area contributed by atoms with Crippen LogP contribution >= 0.6 is 0 Å². The Labute approximate surface area is 196 Å². The van der Waals surface area contributed by atoms with E-state index in [4.69, 9.17) is 20.6 Å². The van der Waals surface area contributed by atoms with Crippen LogP contribution in [0.1, 0.15) is 31.9 Å². The summed E-state index contributed by atoms with van der Waals surface area (Å²) in [5.74, 6) is -3.84. The quantitative estimate of drug-likeness (QED) is 0.411. The van der Waals surface area contributed by atoms with E-state index < -0.39 is 46.8 Å². The molecule has 2 aromatic carbocycles. The van der Waals surface area contributed by atoms with Gasteiger partial charge in [-0.3, -0.25) is 5.41 Å². The van der Waals surface area contributed by atoms with E-state index in [9.17, 15) is 18.0 Å². The van der Waals surface area contributed by atoms with Crippen LogP contribution in [-0.2, 0) is 9.47 Å². The van der Waals surface area contributed by atoms with E-state index in [0.717, 1.165) is 12.1 Å². The summed E-state index contributed by atoms with van der Waals surface area (Å²) in [6.45, 7) is 7.08. The second-order valence-electron chi connectivity index (χ2n) is 8.45. The number of carbonyl (C=O) groups excluding carboxylic acids is 1. The molecule has 0 heterocycles. The van der Waals surface area contributed by atoms with Gasteiger partial charge < -0.3 is 25.4 Å². The zero-order valence-corrected chi connectivity index (χ0v) is 19.6. The van der Waals surface area contributed by atoms with E-state index in [1.54, 1.807) is 33.8 Å². The Hall–Kier alpha value is -3.76. The van der Waals surface area contributed by atoms with E-state index >= 15 is 0 Å². The molecular weight excluding hydrogens is 451 g/mol. The van der Waals surface area contributed by atoms with E-state index in [-0.39, 0.29) is 24.3 Å². The van der Waals surface area contributed by atoms with Crippen LogP contribution in [0.5, 0.6) is 0 Å². The maximum Gasteiger partial charge on any atom is 0.410 e. The molecule has 0 spiro atoms. The molecule has 4 N–H and O–H groups in total. The molecule has 2 aromatic rings. The Morgan fingerprint density at radius 2 is 1.85 bits per heavy atom. The van der Waals surface area contributed by atoms with Crippen molar-refractivity contribution in [1.82, 2.24) is 4.90 Å². The minimum absolute atomic E-state index is 0.0340. The van der Waals surface area contributed by atoms with Crippen molar-refractivity contribution in [1.29, 1.82) is 5.41 Å². The highest BCUT2D eigenvalue weighted by atomic mass is 19.2. The number of hydrogen-bond donors (Lipinski definition) is 3. The second-order valence-corrected chi connectivity index (χ2v) is 8.45. The molecule has 2 rings (SSSR count). The molecule has 8 nitrogen and oxygen atoms in total. The predicted molar refractivity (Wildman–Crippen MR) is 124 cm³/mol. The van der Waals surface area contributed by atoms with E-state index in [0.29, 0.717) is 5.56 Å². The summed E-state index contributed by atoms with van der Waals surface area (Å²) >= 11 is 0. The average Bonchev–Trinajstić information content (AvgIpc) is 2.71. The summed E-state index contributed by atoms with van der Waals surface area (Å²) in [6.07, 6.45) is -0.546. The third kappa shape index (κ3) is 7.39. The first-order chi connectivity index (χ1) is 15.8. The third-order valence-corrected chi connectivity index (χ3v) is 4.34. The molecule has 1 amide bonds. The van der Waals surface area contributed by atoms with E-state index in [2.05, 4.69) is 10.3 Å². The van der Waals surface area contributed by atoms with Crippen molar-refractivity contribution in [3.63, 3.8) is 0 Å². The maximum atomic E-state index is 14.5. The summed E-state index contributed by atoms with van der Waals surface area (Å²) in [7, 11) is 1.52. The van der Waals surface area contributed by atoms with Gasteiger partial charge in [0.15, 0.2) is 11.6 Å². The minimum Gasteiger partial charge on any atom is -0.444 e. The number of benzene rings is 2. The number of aliphatic imine (C=N–C) groups is 1. The van der Waals surface area contributed by atoms with Crippen molar-refractivity contribution in [3.05, 3.63) is 58.9 Å². The number of nitrogens with zero attached hydrogens (tertiary/aromatic N) is 2. The molecular formula is C23H28F3N5O3. The van der Waals surface area contributed by atoms with Crippen LogP contribution in [0.2, 0.25) is 0 Å². The summed E-state index contributed by atoms with van der Waals surface area (Å²) < 4.78 is 52.9. The van der Waals surface area contributed by atoms with Crippen LogP contribution < -0.4 is 11.1 Å². The Bertz CT molecular complexity index is 1100. The molecule has 0 radical (unpaired) electrons. The maximum absolute atomic E-state index is 14.5. The van der Waals surface area contributed by atoms with Crippen LogP contribution in [0.3, 0.4) is 0 Å². The van der Waals surface area contributed by atoms with Crippen LogP contribution in [0.25, 0.3) is 0 Å². The lowest BCUT2D eigenvalue weighted by molar-refractivity contribution is 0.0304. The van der Waals surface area contributed by atoms with Crippen molar-refractivity contribution >= 4 is 29.4 Å². The highest BCUT2D eigenvalue weighted by Gasteiger charge is 2.21. The zero-order chi connectivity index (χ0) is 25.6. The summed E-state index contributed by atoms with van der Waals surface area (Å²) in [4.78, 5) is 17.2. The number of amides is 1. The predicted octanol–water partition coefficient (Wildman–Crippen LogP) is 4.68. The van der Waals surface area contributed by atoms with Crippen LogP contribution in [0, 0.1) is 29.8 Å². The number of rotatable bonds is 6. The number of carbonyl (C=O) groups is 1. The van der Waals surface area contributed by atoms with Gasteiger partial charge in [-0.15, -0.1) is 0 Å². The first-order valence-corrected chi connectivity index (χ1v) is 10.3. The third-order valence-electron chi connectivity index (χ3n) is 4.34. The molecule has 184 valence electrons. The van der Waals surface area contributed by atoms with Crippen LogP contribution in [0.15, 0.2) is 35.3 Å². The highest BCUT2D eigenvalue weighted by Crippen LogP contribution is 2.28. The molecule has 11 heteroatoms. The van der Waals surface area contributed by atoms with Gasteiger partial charge in [-0.1, -0.05) is 6.07 Å². The Morgan fingerprint density at radius 3 is 2.47 bits per heavy atom. The molecule has 34 heavy (non-hydrogen) atoms. The van der Waals surface area contributed by atoms with Crippen molar-refractivity contribution in [2.45, 2.75) is 33.3 Å². The zero-order valence-electron chi connectivity index (χ0n) is 19.6. The molecule has 0 saturated carbocycles. The van der Waals surface area contributed by atoms with Crippen LogP contribution in [0.4, 0.5) is 29.3 Å². The SMILES string of the molecule is Cc1ccc(Nc2c(C(=N)OC(N)=NCCN(C)C(=O)OC(C)(C)C)ccc(F)c2F)c(F)c1. The number of nitrogens with two attached hydrogens (primary N) is 1. The molecule has 0 atom stereocenters. The van der Waals surface area contributed by atoms with Crippen molar-refractivity contribution < 1.29 is 27.4 Å². The van der Waals surface area contributed by atoms with Gasteiger partial charge in [-0.2, -0.15) is 0 Å². The van der Waals surface area contributed by atoms with Crippen molar-refractivity contribution in [2.24, 2.45) is 10.7 Å². The number of hydrogen-bond acceptors (Lipinski definition) is 6. The molecule has 0 unspecified atom stereocenters. The number of ether oxygens (including phenoxy) is 2. The molecule has 0 aliphatic carbocycles. The Balaban J connectivity index is 2.12. The Morgan fingerprint density at radius 1 is 1.18 bits per heavy atom. The molecule has 0 bridgehead atoms. The topological polar surface area (TPSA) is 113 Å². The molecule has 0 aromatic heterocycles. The molecule has 0 aliphatic heterocycles. The average molecular weight is 480 g/mol. The van der Waals surface area contributed by atoms with Gasteiger partial charge in [0.1, 0.15) is 11.4 Å². The highest BCUT2D eigenvalue weighted by molar-refractivity contribution is 6.03. The lowest BCUT2D eigenvalue weighted by Gasteiger charge is -2.24. The number of likely N-dealkylation sites (N-methyl/N-ethyl adjacent to an activating group) is 1. The fourth-order valence-electron chi connectivity index (χ4n) is 2.65. The number of nitrogens with one attached hydrogen (secondary N) is 2. The van der Waals surface area contributed by atoms with Gasteiger partial charge in [-0.25, -0.2) is 23.0 Å². The largest absolute Gasteiger partial charge is 0.444 e. The minimum atomic E-state index is -1.32. The lowest BCUT2D eigenvalue weighted by Crippen LogP contribution is -2.35. The second kappa shape index (κ2) is 10.9. The van der Waals surface area contributed by atoms with Crippen molar-refractivity contribution in [3.8, 4) is 0 Å². The number of aryl methyl sites for hydroxylation is 1. The van der Waals surface area contributed by atoms with Gasteiger partial charge in [0, 0.05) is 13.6 Å². The van der Waals surface area contributed by atoms with Gasteiger partial charge in [0.05, 0.1) is 23.5 Å². The monoisotopic (exact) mass is 479 g/mol. The van der Waals surface area contributed by atoms with Crippen molar-refractivity contribution in [2.75, 3.05) is 25.5 Å². The standard InChI is InChI=1S/C23H28F3N5O3/c1-13-6-9-17(16(25)12-13)30-19-14(7-8-15(24)18(19)26)20(27)33-21(28)29-10-11-31(5)22(32)34-23(2,3)4/h6-9,12,27,30H,10-11H2,1-5H3,(H2,28,29). The normalized spacial score (nSPS) is 11.7. The summed E-state index contributed by atoms with van der Waals surface area (Å²) in [5, 5.41) is 10.6. The van der Waals surface area contributed by atoms with Gasteiger partial charge >= 0.3 is 6.09 Å². The summed E-state index contributed by atoms with van der Waals surface area (Å²) in [6, 6.07) is 5.64. The van der Waals surface area contributed by atoms with E-state index in [1.165, 1.54) is 24.1 Å². The molecule has 0 saturated heterocycles. The first kappa shape index (κ1) is 26.5.